The quantitative estimate of drug-likeness (QED) is 0.350. The summed E-state index contributed by atoms with van der Waals surface area (Å²) in [5.41, 5.74) is 3.08. The first-order valence-corrected chi connectivity index (χ1v) is 10.5. The van der Waals surface area contributed by atoms with E-state index >= 15 is 0 Å². The van der Waals surface area contributed by atoms with Gasteiger partial charge in [0.2, 0.25) is 0 Å². The number of imide groups is 1. The van der Waals surface area contributed by atoms with Gasteiger partial charge in [-0.2, -0.15) is 0 Å². The highest BCUT2D eigenvalue weighted by Gasteiger charge is 2.35. The van der Waals surface area contributed by atoms with E-state index in [1.165, 1.54) is 0 Å². The minimum absolute atomic E-state index is 0.0426. The molecule has 1 unspecified atom stereocenters. The van der Waals surface area contributed by atoms with Gasteiger partial charge in [-0.3, -0.25) is 14.9 Å². The van der Waals surface area contributed by atoms with Crippen LogP contribution in [0.2, 0.25) is 5.02 Å². The van der Waals surface area contributed by atoms with Gasteiger partial charge in [0.15, 0.2) is 0 Å². The molecule has 0 radical (unpaired) electrons. The fraction of sp³-hybridized carbons (Fsp3) is 0.167. The van der Waals surface area contributed by atoms with Crippen LogP contribution in [-0.2, 0) is 6.54 Å². The van der Waals surface area contributed by atoms with E-state index in [2.05, 4.69) is 10.6 Å². The van der Waals surface area contributed by atoms with E-state index in [1.54, 1.807) is 43.4 Å². The molecule has 2 amide bonds. The number of nitrogens with one attached hydrogen (secondary N) is 2. The Bertz CT molecular complexity index is 1430. The summed E-state index contributed by atoms with van der Waals surface area (Å²) in [5.74, 6) is -0.943. The number of benzene rings is 3. The number of phenols is 1. The van der Waals surface area contributed by atoms with Gasteiger partial charge in [0.1, 0.15) is 5.75 Å². The van der Waals surface area contributed by atoms with Crippen molar-refractivity contribution in [2.24, 2.45) is 0 Å². The fourth-order valence-electron chi connectivity index (χ4n) is 4.53. The highest BCUT2D eigenvalue weighted by Crippen LogP contribution is 2.42. The minimum Gasteiger partial charge on any atom is -0.508 e. The Morgan fingerprint density at radius 1 is 1.03 bits per heavy atom. The van der Waals surface area contributed by atoms with Crippen LogP contribution in [0.25, 0.3) is 32.9 Å². The number of nitrogens with zero attached hydrogens (tertiary/aromatic N) is 1. The first-order valence-electron chi connectivity index (χ1n) is 10.2. The van der Waals surface area contributed by atoms with E-state index in [1.807, 2.05) is 16.7 Å². The van der Waals surface area contributed by atoms with Gasteiger partial charge in [0, 0.05) is 33.4 Å². The molecule has 0 spiro atoms. The van der Waals surface area contributed by atoms with Gasteiger partial charge in [0.25, 0.3) is 11.8 Å². The number of fused-ring (bicyclic) bond motifs is 5. The smallest absolute Gasteiger partial charge is 0.259 e. The summed E-state index contributed by atoms with van der Waals surface area (Å²) in [7, 11) is 1.76. The van der Waals surface area contributed by atoms with Crippen molar-refractivity contribution in [1.82, 2.24) is 15.2 Å². The van der Waals surface area contributed by atoms with E-state index in [9.17, 15) is 19.8 Å². The zero-order chi connectivity index (χ0) is 22.6. The molecule has 162 valence electrons. The second kappa shape index (κ2) is 7.63. The molecular weight excluding hydrogens is 430 g/mol. The number of hydrogen-bond donors (Lipinski definition) is 4. The molecular formula is C24H20ClN3O4. The van der Waals surface area contributed by atoms with Crippen LogP contribution in [0, 0.1) is 0 Å². The van der Waals surface area contributed by atoms with Gasteiger partial charge in [-0.15, -0.1) is 0 Å². The molecule has 0 saturated carbocycles. The molecule has 0 saturated heterocycles. The zero-order valence-electron chi connectivity index (χ0n) is 17.1. The standard InChI is InChI=1S/C24H20ClN3O4/c1-26-10-13(30)11-28-18-7-6-12(29)8-16(18)20-19(28)9-15(14-4-2-3-5-17(14)25)21-22(20)24(32)27-23(21)31/h2-9,13,26,29-30H,10-11H2,1H3,(H,27,31,32). The van der Waals surface area contributed by atoms with Gasteiger partial charge in [-0.1, -0.05) is 29.8 Å². The maximum Gasteiger partial charge on any atom is 0.259 e. The van der Waals surface area contributed by atoms with Crippen molar-refractivity contribution in [3.63, 3.8) is 0 Å². The number of hydrogen-bond acceptors (Lipinski definition) is 5. The summed E-state index contributed by atoms with van der Waals surface area (Å²) < 4.78 is 1.91. The molecule has 0 fully saturated rings. The second-order valence-corrected chi connectivity index (χ2v) is 8.26. The summed E-state index contributed by atoms with van der Waals surface area (Å²) in [4.78, 5) is 25.7. The number of likely N-dealkylation sites (N-methyl/N-ethyl adjacent to an activating group) is 1. The third-order valence-corrected chi connectivity index (χ3v) is 6.15. The summed E-state index contributed by atoms with van der Waals surface area (Å²) in [6.07, 6.45) is -0.694. The predicted molar refractivity (Wildman–Crippen MR) is 123 cm³/mol. The number of amides is 2. The molecule has 1 aromatic heterocycles. The molecule has 32 heavy (non-hydrogen) atoms. The molecule has 5 rings (SSSR count). The number of phenolic OH excluding ortho intramolecular Hbond substituents is 1. The van der Waals surface area contributed by atoms with E-state index in [0.29, 0.717) is 39.0 Å². The number of aliphatic hydroxyl groups excluding tert-OH is 1. The number of rotatable bonds is 5. The molecule has 1 atom stereocenters. The fourth-order valence-corrected chi connectivity index (χ4v) is 4.77. The van der Waals surface area contributed by atoms with Crippen LogP contribution in [-0.4, -0.2) is 46.3 Å². The van der Waals surface area contributed by atoms with Gasteiger partial charge in [-0.05, 0) is 42.9 Å². The number of carbonyl (C=O) groups is 2. The van der Waals surface area contributed by atoms with Gasteiger partial charge >= 0.3 is 0 Å². The Morgan fingerprint density at radius 3 is 2.53 bits per heavy atom. The Balaban J connectivity index is 1.94. The third kappa shape index (κ3) is 3.05. The topological polar surface area (TPSA) is 104 Å². The Hall–Kier alpha value is -3.39. The van der Waals surface area contributed by atoms with E-state index in [0.717, 1.165) is 5.52 Å². The average Bonchev–Trinajstić information content (AvgIpc) is 3.22. The first kappa shape index (κ1) is 20.5. The van der Waals surface area contributed by atoms with Crippen LogP contribution in [0.15, 0.2) is 48.5 Å². The molecule has 4 aromatic rings. The van der Waals surface area contributed by atoms with Crippen molar-refractivity contribution < 1.29 is 19.8 Å². The summed E-state index contributed by atoms with van der Waals surface area (Å²) in [5, 5.41) is 27.7. The average molecular weight is 450 g/mol. The second-order valence-electron chi connectivity index (χ2n) is 7.85. The van der Waals surface area contributed by atoms with Crippen molar-refractivity contribution in [3.05, 3.63) is 64.7 Å². The van der Waals surface area contributed by atoms with Gasteiger partial charge in [-0.25, -0.2) is 0 Å². The molecule has 3 aromatic carbocycles. The highest BCUT2D eigenvalue weighted by molar-refractivity contribution is 6.36. The van der Waals surface area contributed by atoms with Crippen molar-refractivity contribution >= 4 is 45.2 Å². The Morgan fingerprint density at radius 2 is 1.78 bits per heavy atom. The zero-order valence-corrected chi connectivity index (χ0v) is 17.9. The predicted octanol–water partition coefficient (Wildman–Crippen LogP) is 3.28. The molecule has 4 N–H and O–H groups in total. The maximum absolute atomic E-state index is 12.9. The molecule has 2 heterocycles. The van der Waals surface area contributed by atoms with Crippen molar-refractivity contribution in [3.8, 4) is 16.9 Å². The Labute approximate surface area is 188 Å². The lowest BCUT2D eigenvalue weighted by molar-refractivity contribution is 0.0880. The van der Waals surface area contributed by atoms with Crippen LogP contribution in [0.5, 0.6) is 5.75 Å². The van der Waals surface area contributed by atoms with E-state index in [4.69, 9.17) is 11.6 Å². The largest absolute Gasteiger partial charge is 0.508 e. The van der Waals surface area contributed by atoms with E-state index in [-0.39, 0.29) is 23.4 Å². The normalized spacial score (nSPS) is 14.2. The molecule has 0 aliphatic carbocycles. The molecule has 0 bridgehead atoms. The van der Waals surface area contributed by atoms with Crippen LogP contribution in [0.1, 0.15) is 20.7 Å². The number of carbonyl (C=O) groups excluding carboxylic acids is 2. The lowest BCUT2D eigenvalue weighted by Gasteiger charge is -2.15. The van der Waals surface area contributed by atoms with Crippen LogP contribution >= 0.6 is 11.6 Å². The monoisotopic (exact) mass is 449 g/mol. The summed E-state index contributed by atoms with van der Waals surface area (Å²) >= 11 is 6.46. The number of aromatic hydroxyl groups is 1. The van der Waals surface area contributed by atoms with Gasteiger partial charge in [0.05, 0.1) is 29.3 Å². The number of aliphatic hydroxyl groups is 1. The molecule has 7 nitrogen and oxygen atoms in total. The first-order chi connectivity index (χ1) is 15.4. The van der Waals surface area contributed by atoms with Crippen LogP contribution < -0.4 is 10.6 Å². The lowest BCUT2D eigenvalue weighted by atomic mass is 9.93. The SMILES string of the molecule is CNCC(O)Cn1c2ccc(O)cc2c2c3c(c(-c4ccccc4Cl)cc21)C(=O)NC3=O. The Kier molecular flexibility index (Phi) is 4.89. The minimum atomic E-state index is -0.694. The molecule has 1 aliphatic rings. The molecule has 1 aliphatic heterocycles. The van der Waals surface area contributed by atoms with Crippen LogP contribution in [0.3, 0.4) is 0 Å². The number of aromatic nitrogens is 1. The van der Waals surface area contributed by atoms with Crippen molar-refractivity contribution in [2.75, 3.05) is 13.6 Å². The molecule has 8 heteroatoms. The highest BCUT2D eigenvalue weighted by atomic mass is 35.5. The summed E-state index contributed by atoms with van der Waals surface area (Å²) in [6.45, 7) is 0.627. The third-order valence-electron chi connectivity index (χ3n) is 5.82. The number of halogens is 1. The van der Waals surface area contributed by atoms with Crippen molar-refractivity contribution in [2.45, 2.75) is 12.6 Å². The maximum atomic E-state index is 12.9. The van der Waals surface area contributed by atoms with E-state index < -0.39 is 17.9 Å². The van der Waals surface area contributed by atoms with Gasteiger partial charge < -0.3 is 20.1 Å². The lowest BCUT2D eigenvalue weighted by Crippen LogP contribution is -2.27. The summed E-state index contributed by atoms with van der Waals surface area (Å²) in [6, 6.07) is 13.8. The van der Waals surface area contributed by atoms with Crippen LogP contribution in [0.4, 0.5) is 0 Å². The van der Waals surface area contributed by atoms with Crippen molar-refractivity contribution in [1.29, 1.82) is 0 Å².